The van der Waals surface area contributed by atoms with Gasteiger partial charge >= 0.3 is 12.1 Å². The quantitative estimate of drug-likeness (QED) is 0.491. The van der Waals surface area contributed by atoms with E-state index in [0.717, 1.165) is 17.8 Å². The molecule has 2 atom stereocenters. The highest BCUT2D eigenvalue weighted by molar-refractivity contribution is 7.13. The molecule has 2 unspecified atom stereocenters. The first kappa shape index (κ1) is 22.6. The maximum absolute atomic E-state index is 12.8. The molecule has 2 aromatic heterocycles. The summed E-state index contributed by atoms with van der Waals surface area (Å²) in [6, 6.07) is 4.00. The number of oxazole rings is 1. The van der Waals surface area contributed by atoms with E-state index in [1.165, 1.54) is 11.3 Å². The molecule has 2 aliphatic rings. The van der Waals surface area contributed by atoms with Gasteiger partial charge in [0.2, 0.25) is 0 Å². The normalized spacial score (nSPS) is 20.1. The predicted molar refractivity (Wildman–Crippen MR) is 128 cm³/mol. The van der Waals surface area contributed by atoms with Crippen LogP contribution >= 0.6 is 11.3 Å². The lowest BCUT2D eigenvalue weighted by molar-refractivity contribution is 0.0120. The minimum absolute atomic E-state index is 0.0390. The SMILES string of the molecule is CCOC(=O)c1cc(-c2nccs2)c2oc(N3CC4CCC(C3)N4C(=O)OC(C)(C)C)nc2c1. The van der Waals surface area contributed by atoms with E-state index in [4.69, 9.17) is 18.9 Å². The molecule has 0 spiro atoms. The van der Waals surface area contributed by atoms with E-state index in [-0.39, 0.29) is 24.8 Å². The molecule has 4 heterocycles. The van der Waals surface area contributed by atoms with Crippen molar-refractivity contribution in [2.45, 2.75) is 58.2 Å². The Morgan fingerprint density at radius 2 is 1.94 bits per heavy atom. The largest absolute Gasteiger partial charge is 0.462 e. The molecule has 2 aliphatic heterocycles. The third-order valence-corrected chi connectivity index (χ3v) is 6.82. The van der Waals surface area contributed by atoms with Gasteiger partial charge in [-0.1, -0.05) is 0 Å². The van der Waals surface area contributed by atoms with Gasteiger partial charge in [-0.3, -0.25) is 4.90 Å². The van der Waals surface area contributed by atoms with Crippen LogP contribution in [0, 0.1) is 0 Å². The van der Waals surface area contributed by atoms with Crippen molar-refractivity contribution in [3.63, 3.8) is 0 Å². The number of anilines is 1. The third-order valence-electron chi connectivity index (χ3n) is 6.01. The Bertz CT molecular complexity index is 1200. The molecular formula is C24H28N4O5S. The van der Waals surface area contributed by atoms with Crippen LogP contribution in [-0.2, 0) is 9.47 Å². The van der Waals surface area contributed by atoms with E-state index in [2.05, 4.69) is 9.88 Å². The van der Waals surface area contributed by atoms with Crippen LogP contribution in [0.4, 0.5) is 10.8 Å². The molecule has 0 aliphatic carbocycles. The monoisotopic (exact) mass is 484 g/mol. The lowest BCUT2D eigenvalue weighted by atomic mass is 10.1. The summed E-state index contributed by atoms with van der Waals surface area (Å²) in [5, 5.41) is 2.62. The summed E-state index contributed by atoms with van der Waals surface area (Å²) in [6.07, 6.45) is 3.28. The van der Waals surface area contributed by atoms with E-state index in [9.17, 15) is 9.59 Å². The Balaban J connectivity index is 1.46. The average Bonchev–Trinajstić information content (AvgIpc) is 3.50. The molecule has 0 saturated carbocycles. The molecule has 0 radical (unpaired) electrons. The van der Waals surface area contributed by atoms with E-state index in [1.807, 2.05) is 31.1 Å². The number of nitrogens with zero attached hydrogens (tertiary/aromatic N) is 4. The summed E-state index contributed by atoms with van der Waals surface area (Å²) in [4.78, 5) is 38.3. The molecule has 5 rings (SSSR count). The number of rotatable bonds is 4. The van der Waals surface area contributed by atoms with Crippen LogP contribution in [0.3, 0.4) is 0 Å². The molecule has 34 heavy (non-hydrogen) atoms. The molecule has 9 nitrogen and oxygen atoms in total. The number of carbonyl (C=O) groups is 2. The first-order chi connectivity index (χ1) is 16.2. The van der Waals surface area contributed by atoms with Crippen LogP contribution in [0.5, 0.6) is 0 Å². The van der Waals surface area contributed by atoms with Gasteiger partial charge in [0, 0.05) is 24.7 Å². The number of ether oxygens (including phenoxy) is 2. The number of carbonyl (C=O) groups excluding carboxylic acids is 2. The minimum atomic E-state index is -0.531. The molecule has 3 aromatic rings. The molecule has 1 aromatic carbocycles. The Labute approximate surface area is 201 Å². The number of amides is 1. The molecule has 2 bridgehead atoms. The van der Waals surface area contributed by atoms with Gasteiger partial charge in [-0.25, -0.2) is 14.6 Å². The van der Waals surface area contributed by atoms with Crippen molar-refractivity contribution >= 4 is 40.5 Å². The van der Waals surface area contributed by atoms with Crippen molar-refractivity contribution in [3.8, 4) is 10.6 Å². The Morgan fingerprint density at radius 3 is 2.56 bits per heavy atom. The van der Waals surface area contributed by atoms with Gasteiger partial charge in [-0.15, -0.1) is 11.3 Å². The molecule has 0 N–H and O–H groups in total. The zero-order valence-electron chi connectivity index (χ0n) is 19.7. The van der Waals surface area contributed by atoms with Crippen molar-refractivity contribution in [3.05, 3.63) is 29.3 Å². The maximum Gasteiger partial charge on any atom is 0.410 e. The summed E-state index contributed by atoms with van der Waals surface area (Å²) in [6.45, 7) is 8.93. The second-order valence-electron chi connectivity index (χ2n) is 9.60. The average molecular weight is 485 g/mol. The molecule has 2 fully saturated rings. The zero-order valence-corrected chi connectivity index (χ0v) is 20.6. The van der Waals surface area contributed by atoms with Crippen molar-refractivity contribution < 1.29 is 23.5 Å². The van der Waals surface area contributed by atoms with Crippen LogP contribution in [0.2, 0.25) is 0 Å². The van der Waals surface area contributed by atoms with Crippen molar-refractivity contribution in [1.82, 2.24) is 14.9 Å². The number of hydrogen-bond donors (Lipinski definition) is 0. The van der Waals surface area contributed by atoms with Crippen molar-refractivity contribution in [2.75, 3.05) is 24.6 Å². The zero-order chi connectivity index (χ0) is 24.0. The molecule has 2 saturated heterocycles. The topological polar surface area (TPSA) is 98.0 Å². The highest BCUT2D eigenvalue weighted by Crippen LogP contribution is 2.37. The van der Waals surface area contributed by atoms with Crippen LogP contribution in [-0.4, -0.2) is 64.3 Å². The fourth-order valence-electron chi connectivity index (χ4n) is 4.68. The first-order valence-electron chi connectivity index (χ1n) is 11.5. The molecule has 180 valence electrons. The number of thiazole rings is 1. The number of benzene rings is 1. The fourth-order valence-corrected chi connectivity index (χ4v) is 5.33. The van der Waals surface area contributed by atoms with E-state index < -0.39 is 11.6 Å². The highest BCUT2D eigenvalue weighted by atomic mass is 32.1. The van der Waals surface area contributed by atoms with Crippen molar-refractivity contribution in [1.29, 1.82) is 0 Å². The van der Waals surface area contributed by atoms with Gasteiger partial charge in [-0.05, 0) is 52.7 Å². The van der Waals surface area contributed by atoms with Crippen LogP contribution in [0.25, 0.3) is 21.7 Å². The molecular weight excluding hydrogens is 456 g/mol. The van der Waals surface area contributed by atoms with Gasteiger partial charge in [0.15, 0.2) is 5.58 Å². The summed E-state index contributed by atoms with van der Waals surface area (Å²) in [5.41, 5.74) is 1.75. The number of esters is 1. The van der Waals surface area contributed by atoms with E-state index in [1.54, 1.807) is 25.3 Å². The lowest BCUT2D eigenvalue weighted by Gasteiger charge is -2.40. The minimum Gasteiger partial charge on any atom is -0.462 e. The van der Waals surface area contributed by atoms with Crippen LogP contribution in [0.1, 0.15) is 50.9 Å². The summed E-state index contributed by atoms with van der Waals surface area (Å²) in [7, 11) is 0. The number of piperazine rings is 1. The van der Waals surface area contributed by atoms with E-state index >= 15 is 0 Å². The molecule has 10 heteroatoms. The van der Waals surface area contributed by atoms with Gasteiger partial charge in [0.05, 0.1) is 29.8 Å². The number of fused-ring (bicyclic) bond motifs is 3. The predicted octanol–water partition coefficient (Wildman–Crippen LogP) is 4.72. The second-order valence-corrected chi connectivity index (χ2v) is 10.5. The summed E-state index contributed by atoms with van der Waals surface area (Å²) >= 11 is 1.47. The summed E-state index contributed by atoms with van der Waals surface area (Å²) < 4.78 is 17.1. The van der Waals surface area contributed by atoms with E-state index in [0.29, 0.717) is 41.3 Å². The number of aromatic nitrogens is 2. The third kappa shape index (κ3) is 4.22. The Morgan fingerprint density at radius 1 is 1.21 bits per heavy atom. The Hall–Kier alpha value is -3.14. The van der Waals surface area contributed by atoms with Gasteiger partial charge in [0.1, 0.15) is 16.1 Å². The number of hydrogen-bond acceptors (Lipinski definition) is 9. The standard InChI is InChI=1S/C24H28N4O5S/c1-5-31-21(29)14-10-17(20-25-8-9-34-20)19-18(11-14)26-22(32-19)27-12-15-6-7-16(13-27)28(15)23(30)33-24(2,3)4/h8-11,15-16H,5-7,12-13H2,1-4H3. The maximum atomic E-state index is 12.8. The smallest absolute Gasteiger partial charge is 0.410 e. The van der Waals surface area contributed by atoms with Gasteiger partial charge in [-0.2, -0.15) is 4.98 Å². The van der Waals surface area contributed by atoms with Crippen molar-refractivity contribution in [2.24, 2.45) is 0 Å². The fraction of sp³-hybridized carbons (Fsp3) is 0.500. The van der Waals surface area contributed by atoms with Crippen LogP contribution < -0.4 is 4.90 Å². The van der Waals surface area contributed by atoms with Gasteiger partial charge in [0.25, 0.3) is 6.01 Å². The molecule has 1 amide bonds. The lowest BCUT2D eigenvalue weighted by Crippen LogP contribution is -2.56. The summed E-state index contributed by atoms with van der Waals surface area (Å²) in [5.74, 6) is -0.407. The van der Waals surface area contributed by atoms with Gasteiger partial charge < -0.3 is 18.8 Å². The first-order valence-corrected chi connectivity index (χ1v) is 12.4. The van der Waals surface area contributed by atoms with Crippen LogP contribution in [0.15, 0.2) is 28.1 Å². The highest BCUT2D eigenvalue weighted by Gasteiger charge is 2.45. The Kier molecular flexibility index (Phi) is 5.71. The second kappa shape index (κ2) is 8.57.